The number of amides is 2. The average molecular weight is 544 g/mol. The van der Waals surface area contributed by atoms with Crippen LogP contribution in [0.25, 0.3) is 6.08 Å². The molecule has 0 atom stereocenters. The van der Waals surface area contributed by atoms with Crippen molar-refractivity contribution < 1.29 is 14.0 Å². The fourth-order valence-corrected chi connectivity index (χ4v) is 4.86. The largest absolute Gasteiger partial charge is 0.339 e. The van der Waals surface area contributed by atoms with Crippen LogP contribution >= 0.6 is 11.6 Å². The lowest BCUT2D eigenvalue weighted by Crippen LogP contribution is -2.38. The van der Waals surface area contributed by atoms with Crippen molar-refractivity contribution in [2.45, 2.75) is 25.3 Å². The van der Waals surface area contributed by atoms with Crippen LogP contribution in [0.2, 0.25) is 5.15 Å². The van der Waals surface area contributed by atoms with Crippen molar-refractivity contribution in [2.24, 2.45) is 0 Å². The van der Waals surface area contributed by atoms with Crippen LogP contribution in [0.1, 0.15) is 45.8 Å². The minimum atomic E-state index is -0.587. The molecule has 9 heteroatoms. The van der Waals surface area contributed by atoms with E-state index in [1.807, 2.05) is 59.3 Å². The first-order valence-electron chi connectivity index (χ1n) is 12.7. The average Bonchev–Trinajstić information content (AvgIpc) is 3.47. The number of benzene rings is 2. The van der Waals surface area contributed by atoms with E-state index in [-0.39, 0.29) is 28.4 Å². The maximum Gasteiger partial charge on any atom is 0.257 e. The lowest BCUT2D eigenvalue weighted by molar-refractivity contribution is -0.111. The first-order chi connectivity index (χ1) is 18.9. The topological polar surface area (TPSA) is 80.1 Å². The van der Waals surface area contributed by atoms with Crippen molar-refractivity contribution in [3.8, 4) is 0 Å². The van der Waals surface area contributed by atoms with Crippen LogP contribution in [0.15, 0.2) is 85.6 Å². The van der Waals surface area contributed by atoms with Gasteiger partial charge in [-0.05, 0) is 59.7 Å². The summed E-state index contributed by atoms with van der Waals surface area (Å²) < 4.78 is 15.5. The summed E-state index contributed by atoms with van der Waals surface area (Å²) in [5, 5.41) is 2.91. The summed E-state index contributed by atoms with van der Waals surface area (Å²) in [4.78, 5) is 34.7. The van der Waals surface area contributed by atoms with Crippen molar-refractivity contribution in [1.82, 2.24) is 19.4 Å². The number of pyridine rings is 1. The highest BCUT2D eigenvalue weighted by Gasteiger charge is 2.26. The van der Waals surface area contributed by atoms with E-state index in [1.54, 1.807) is 23.5 Å². The fraction of sp³-hybridized carbons (Fsp3) is 0.200. The van der Waals surface area contributed by atoms with Crippen molar-refractivity contribution in [3.63, 3.8) is 0 Å². The number of likely N-dealkylation sites (tertiary alicyclic amines) is 1. The third-order valence-electron chi connectivity index (χ3n) is 6.80. The standard InChI is InChI=1S/C30H27ClFN5O2/c31-29-27(17-25(32)18-34-29)30(39)37-14-11-24(12-15-37)23-6-8-26(9-7-23)35-28(38)10-5-21-1-3-22(4-2-21)19-36-16-13-33-20-36/h1-10,13,16-18,20,24H,11-12,14-15,19H2,(H,35,38)/b10-5+. The van der Waals surface area contributed by atoms with E-state index in [0.29, 0.717) is 18.8 Å². The molecule has 1 aliphatic heterocycles. The van der Waals surface area contributed by atoms with Crippen LogP contribution in [0, 0.1) is 5.82 Å². The van der Waals surface area contributed by atoms with Gasteiger partial charge in [0.1, 0.15) is 11.0 Å². The molecule has 1 aliphatic rings. The number of hydrogen-bond donors (Lipinski definition) is 1. The summed E-state index contributed by atoms with van der Waals surface area (Å²) in [5.41, 5.74) is 4.05. The van der Waals surface area contributed by atoms with Gasteiger partial charge in [-0.25, -0.2) is 14.4 Å². The molecule has 1 N–H and O–H groups in total. The second-order valence-electron chi connectivity index (χ2n) is 9.48. The number of halogens is 2. The van der Waals surface area contributed by atoms with Gasteiger partial charge in [-0.1, -0.05) is 48.0 Å². The van der Waals surface area contributed by atoms with E-state index >= 15 is 0 Å². The van der Waals surface area contributed by atoms with Crippen molar-refractivity contribution in [2.75, 3.05) is 18.4 Å². The number of piperidine rings is 1. The molecule has 1 saturated heterocycles. The molecule has 0 unspecified atom stereocenters. The Kier molecular flexibility index (Phi) is 8.13. The van der Waals surface area contributed by atoms with Gasteiger partial charge in [0, 0.05) is 43.8 Å². The molecule has 0 saturated carbocycles. The molecule has 0 radical (unpaired) electrons. The molecule has 2 aromatic carbocycles. The molecule has 0 aliphatic carbocycles. The Bertz CT molecular complexity index is 1460. The third kappa shape index (κ3) is 6.78. The Morgan fingerprint density at radius 1 is 1.08 bits per heavy atom. The van der Waals surface area contributed by atoms with Crippen molar-refractivity contribution in [1.29, 1.82) is 0 Å². The molecule has 0 bridgehead atoms. The smallest absolute Gasteiger partial charge is 0.257 e. The van der Waals surface area contributed by atoms with Gasteiger partial charge >= 0.3 is 0 Å². The lowest BCUT2D eigenvalue weighted by atomic mass is 9.89. The van der Waals surface area contributed by atoms with Gasteiger partial charge < -0.3 is 14.8 Å². The Hall–Kier alpha value is -4.30. The van der Waals surface area contributed by atoms with Gasteiger partial charge in [-0.2, -0.15) is 0 Å². The highest BCUT2D eigenvalue weighted by Crippen LogP contribution is 2.30. The molecule has 4 aromatic rings. The predicted octanol–water partition coefficient (Wildman–Crippen LogP) is 5.79. The molecule has 7 nitrogen and oxygen atoms in total. The molecule has 0 spiro atoms. The van der Waals surface area contributed by atoms with Crippen LogP contribution in [0.4, 0.5) is 10.1 Å². The first kappa shape index (κ1) is 26.3. The molecule has 5 rings (SSSR count). The number of rotatable bonds is 7. The van der Waals surface area contributed by atoms with Crippen molar-refractivity contribution >= 4 is 35.2 Å². The van der Waals surface area contributed by atoms with Crippen LogP contribution in [-0.4, -0.2) is 44.3 Å². The van der Waals surface area contributed by atoms with E-state index in [1.165, 1.54) is 6.08 Å². The zero-order valence-corrected chi connectivity index (χ0v) is 21.9. The van der Waals surface area contributed by atoms with Crippen LogP contribution in [-0.2, 0) is 11.3 Å². The Morgan fingerprint density at radius 3 is 2.51 bits per heavy atom. The molecule has 198 valence electrons. The molecular formula is C30H27ClFN5O2. The van der Waals surface area contributed by atoms with E-state index in [9.17, 15) is 14.0 Å². The molecule has 2 amide bonds. The number of anilines is 1. The Labute approximate surface area is 231 Å². The van der Waals surface area contributed by atoms with Crippen molar-refractivity contribution in [3.05, 3.63) is 119 Å². The summed E-state index contributed by atoms with van der Waals surface area (Å²) in [6.07, 6.45) is 11.3. The minimum absolute atomic E-state index is 0.00973. The number of hydrogen-bond acceptors (Lipinski definition) is 4. The molecule has 2 aromatic heterocycles. The summed E-state index contributed by atoms with van der Waals surface area (Å²) in [5.74, 6) is -0.808. The van der Waals surface area contributed by atoms with Crippen LogP contribution < -0.4 is 5.32 Å². The maximum absolute atomic E-state index is 13.5. The molecule has 3 heterocycles. The summed E-state index contributed by atoms with van der Waals surface area (Å²) in [6.45, 7) is 1.84. The number of nitrogens with one attached hydrogen (secondary N) is 1. The third-order valence-corrected chi connectivity index (χ3v) is 7.10. The van der Waals surface area contributed by atoms with Gasteiger partial charge in [0.15, 0.2) is 0 Å². The number of imidazole rings is 1. The number of carbonyl (C=O) groups is 2. The summed E-state index contributed by atoms with van der Waals surface area (Å²) in [7, 11) is 0. The lowest BCUT2D eigenvalue weighted by Gasteiger charge is -2.32. The second-order valence-corrected chi connectivity index (χ2v) is 9.84. The Morgan fingerprint density at radius 2 is 1.82 bits per heavy atom. The molecule has 1 fully saturated rings. The number of nitrogens with zero attached hydrogens (tertiary/aromatic N) is 4. The minimum Gasteiger partial charge on any atom is -0.339 e. The number of carbonyl (C=O) groups excluding carboxylic acids is 2. The van der Waals surface area contributed by atoms with E-state index in [4.69, 9.17) is 11.6 Å². The maximum atomic E-state index is 13.5. The normalized spacial score (nSPS) is 14.1. The van der Waals surface area contributed by atoms with E-state index in [2.05, 4.69) is 15.3 Å². The van der Waals surface area contributed by atoms with Gasteiger partial charge in [0.05, 0.1) is 18.1 Å². The monoisotopic (exact) mass is 543 g/mol. The summed E-state index contributed by atoms with van der Waals surface area (Å²) in [6, 6.07) is 17.0. The second kappa shape index (κ2) is 12.0. The van der Waals surface area contributed by atoms with Crippen LogP contribution in [0.3, 0.4) is 0 Å². The quantitative estimate of drug-likeness (QED) is 0.236. The number of aromatic nitrogens is 3. The molecular weight excluding hydrogens is 517 g/mol. The highest BCUT2D eigenvalue weighted by molar-refractivity contribution is 6.32. The highest BCUT2D eigenvalue weighted by atomic mass is 35.5. The zero-order valence-electron chi connectivity index (χ0n) is 21.1. The van der Waals surface area contributed by atoms with E-state index < -0.39 is 5.82 Å². The SMILES string of the molecule is O=C(/C=C/c1ccc(Cn2ccnc2)cc1)Nc1ccc(C2CCN(C(=O)c3cc(F)cnc3Cl)CC2)cc1. The van der Waals surface area contributed by atoms with Gasteiger partial charge in [0.2, 0.25) is 5.91 Å². The Balaban J connectivity index is 1.10. The molecule has 39 heavy (non-hydrogen) atoms. The zero-order chi connectivity index (χ0) is 27.2. The van der Waals surface area contributed by atoms with Gasteiger partial charge in [0.25, 0.3) is 5.91 Å². The van der Waals surface area contributed by atoms with E-state index in [0.717, 1.165) is 48.3 Å². The van der Waals surface area contributed by atoms with Crippen LogP contribution in [0.5, 0.6) is 0 Å². The fourth-order valence-electron chi connectivity index (χ4n) is 4.68. The predicted molar refractivity (Wildman–Crippen MR) is 149 cm³/mol. The van der Waals surface area contributed by atoms with Gasteiger partial charge in [-0.15, -0.1) is 0 Å². The van der Waals surface area contributed by atoms with Gasteiger partial charge in [-0.3, -0.25) is 9.59 Å². The summed E-state index contributed by atoms with van der Waals surface area (Å²) >= 11 is 6.00. The first-order valence-corrected chi connectivity index (χ1v) is 13.1.